The predicted octanol–water partition coefficient (Wildman–Crippen LogP) is -0.0696. The first-order valence-electron chi connectivity index (χ1n) is 5.46. The monoisotopic (exact) mass is 249 g/mol. The van der Waals surface area contributed by atoms with Gasteiger partial charge in [-0.1, -0.05) is 13.3 Å². The Morgan fingerprint density at radius 2 is 2.06 bits per heavy atom. The molecule has 6 heteroatoms. The largest absolute Gasteiger partial charge is 0.352 e. The van der Waals surface area contributed by atoms with Crippen molar-refractivity contribution in [3.05, 3.63) is 0 Å². The van der Waals surface area contributed by atoms with Crippen LogP contribution >= 0.6 is 12.4 Å². The van der Waals surface area contributed by atoms with Crippen LogP contribution in [0.5, 0.6) is 0 Å². The molecule has 1 unspecified atom stereocenters. The third-order valence-corrected chi connectivity index (χ3v) is 2.30. The number of hydrogen-bond donors (Lipinski definition) is 3. The van der Waals surface area contributed by atoms with Crippen molar-refractivity contribution in [2.75, 3.05) is 6.54 Å². The Morgan fingerprint density at radius 3 is 2.56 bits per heavy atom. The number of halogens is 1. The van der Waals surface area contributed by atoms with Gasteiger partial charge in [0.15, 0.2) is 0 Å². The van der Waals surface area contributed by atoms with Crippen molar-refractivity contribution in [3.63, 3.8) is 0 Å². The zero-order valence-electron chi connectivity index (χ0n) is 9.49. The molecule has 0 spiro atoms. The molecule has 2 amide bonds. The van der Waals surface area contributed by atoms with E-state index < -0.39 is 6.04 Å². The molecule has 1 fully saturated rings. The number of rotatable bonds is 6. The fourth-order valence-corrected chi connectivity index (χ4v) is 1.25. The van der Waals surface area contributed by atoms with E-state index in [0.717, 1.165) is 19.3 Å². The quantitative estimate of drug-likeness (QED) is 0.616. The Labute approximate surface area is 102 Å². The molecule has 0 aromatic carbocycles. The van der Waals surface area contributed by atoms with Crippen LogP contribution in [0.15, 0.2) is 0 Å². The first-order valence-corrected chi connectivity index (χ1v) is 5.46. The topological polar surface area (TPSA) is 84.2 Å². The summed E-state index contributed by atoms with van der Waals surface area (Å²) in [6, 6.07) is -0.164. The molecule has 5 nitrogen and oxygen atoms in total. The van der Waals surface area contributed by atoms with Crippen LogP contribution in [0, 0.1) is 0 Å². The van der Waals surface area contributed by atoms with E-state index >= 15 is 0 Å². The maximum absolute atomic E-state index is 11.3. The number of carbonyl (C=O) groups excluding carboxylic acids is 2. The van der Waals surface area contributed by atoms with Crippen LogP contribution in [0.4, 0.5) is 0 Å². The second-order valence-electron chi connectivity index (χ2n) is 3.95. The third-order valence-electron chi connectivity index (χ3n) is 2.30. The lowest BCUT2D eigenvalue weighted by molar-refractivity contribution is -0.127. The van der Waals surface area contributed by atoms with Gasteiger partial charge in [0.2, 0.25) is 11.8 Å². The minimum atomic E-state index is -0.497. The molecule has 16 heavy (non-hydrogen) atoms. The van der Waals surface area contributed by atoms with Crippen LogP contribution in [0.3, 0.4) is 0 Å². The van der Waals surface area contributed by atoms with Gasteiger partial charge in [-0.3, -0.25) is 9.59 Å². The predicted molar refractivity (Wildman–Crippen MR) is 64.3 cm³/mol. The van der Waals surface area contributed by atoms with Crippen molar-refractivity contribution in [1.29, 1.82) is 0 Å². The summed E-state index contributed by atoms with van der Waals surface area (Å²) in [5, 5.41) is 5.31. The fraction of sp³-hybridized carbons (Fsp3) is 0.800. The van der Waals surface area contributed by atoms with Gasteiger partial charge in [-0.15, -0.1) is 12.4 Å². The van der Waals surface area contributed by atoms with Gasteiger partial charge < -0.3 is 16.4 Å². The lowest BCUT2D eigenvalue weighted by atomic mass is 10.2. The zero-order valence-corrected chi connectivity index (χ0v) is 10.3. The van der Waals surface area contributed by atoms with E-state index in [2.05, 4.69) is 10.6 Å². The maximum atomic E-state index is 11.3. The van der Waals surface area contributed by atoms with Crippen LogP contribution in [0.2, 0.25) is 0 Å². The zero-order chi connectivity index (χ0) is 11.3. The average molecular weight is 250 g/mol. The number of amides is 2. The summed E-state index contributed by atoms with van der Waals surface area (Å²) in [6.45, 7) is 2.00. The van der Waals surface area contributed by atoms with Gasteiger partial charge in [0.1, 0.15) is 0 Å². The normalized spacial score (nSPS) is 15.9. The van der Waals surface area contributed by atoms with Crippen molar-refractivity contribution in [2.45, 2.75) is 44.7 Å². The maximum Gasteiger partial charge on any atom is 0.239 e. The summed E-state index contributed by atoms with van der Waals surface area (Å²) in [4.78, 5) is 22.5. The Morgan fingerprint density at radius 1 is 1.44 bits per heavy atom. The molecule has 4 N–H and O–H groups in total. The molecule has 0 aliphatic heterocycles. The molecule has 1 saturated carbocycles. The minimum absolute atomic E-state index is 0. The summed E-state index contributed by atoms with van der Waals surface area (Å²) in [6.07, 6.45) is 3.61. The van der Waals surface area contributed by atoms with Crippen LogP contribution in [-0.2, 0) is 9.59 Å². The molecule has 0 aromatic rings. The molecule has 0 heterocycles. The lowest BCUT2D eigenvalue weighted by Crippen LogP contribution is -2.45. The Balaban J connectivity index is 0.00000225. The molecule has 1 atom stereocenters. The second-order valence-corrected chi connectivity index (χ2v) is 3.95. The van der Waals surface area contributed by atoms with Crippen molar-refractivity contribution >= 4 is 24.2 Å². The Bertz CT molecular complexity index is 244. The van der Waals surface area contributed by atoms with Crippen LogP contribution in [-0.4, -0.2) is 30.4 Å². The number of nitrogens with one attached hydrogen (secondary N) is 2. The first-order chi connectivity index (χ1) is 7.13. The highest BCUT2D eigenvalue weighted by atomic mass is 35.5. The fourth-order valence-electron chi connectivity index (χ4n) is 1.25. The second kappa shape index (κ2) is 7.46. The molecular weight excluding hydrogens is 230 g/mol. The smallest absolute Gasteiger partial charge is 0.239 e. The highest BCUT2D eigenvalue weighted by molar-refractivity contribution is 5.87. The molecule has 94 valence electrons. The summed E-state index contributed by atoms with van der Waals surface area (Å²) < 4.78 is 0. The van der Waals surface area contributed by atoms with Crippen LogP contribution in [0.1, 0.15) is 32.6 Å². The number of carbonyl (C=O) groups is 2. The van der Waals surface area contributed by atoms with Crippen molar-refractivity contribution < 1.29 is 9.59 Å². The summed E-state index contributed by atoms with van der Waals surface area (Å²) in [5.74, 6) is -0.377. The van der Waals surface area contributed by atoms with Gasteiger partial charge >= 0.3 is 0 Å². The Hall–Kier alpha value is -0.810. The van der Waals surface area contributed by atoms with E-state index in [1.54, 1.807) is 0 Å². The first kappa shape index (κ1) is 15.2. The van der Waals surface area contributed by atoms with E-state index in [9.17, 15) is 9.59 Å². The molecular formula is C10H20ClN3O2. The molecule has 0 saturated heterocycles. The number of hydrogen-bond acceptors (Lipinski definition) is 3. The van der Waals surface area contributed by atoms with E-state index in [1.807, 2.05) is 6.92 Å². The van der Waals surface area contributed by atoms with E-state index in [0.29, 0.717) is 12.5 Å². The Kier molecular flexibility index (Phi) is 7.08. The van der Waals surface area contributed by atoms with Gasteiger partial charge in [0, 0.05) is 6.04 Å². The molecule has 0 radical (unpaired) electrons. The van der Waals surface area contributed by atoms with E-state index in [4.69, 9.17) is 5.73 Å². The molecule has 0 bridgehead atoms. The molecule has 1 rings (SSSR count). The summed E-state index contributed by atoms with van der Waals surface area (Å²) in [5.41, 5.74) is 5.58. The lowest BCUT2D eigenvalue weighted by Gasteiger charge is -2.10. The highest BCUT2D eigenvalue weighted by Crippen LogP contribution is 2.18. The molecule has 1 aliphatic carbocycles. The van der Waals surface area contributed by atoms with Crippen LogP contribution < -0.4 is 16.4 Å². The molecule has 0 aromatic heterocycles. The van der Waals surface area contributed by atoms with Gasteiger partial charge in [-0.25, -0.2) is 0 Å². The van der Waals surface area contributed by atoms with E-state index in [-0.39, 0.29) is 30.8 Å². The van der Waals surface area contributed by atoms with Gasteiger partial charge in [0.25, 0.3) is 0 Å². The highest BCUT2D eigenvalue weighted by Gasteiger charge is 2.23. The van der Waals surface area contributed by atoms with Crippen molar-refractivity contribution in [2.24, 2.45) is 5.73 Å². The van der Waals surface area contributed by atoms with Crippen molar-refractivity contribution in [3.8, 4) is 0 Å². The van der Waals surface area contributed by atoms with Gasteiger partial charge in [0.05, 0.1) is 12.6 Å². The summed E-state index contributed by atoms with van der Waals surface area (Å²) >= 11 is 0. The number of nitrogens with two attached hydrogens (primary N) is 1. The van der Waals surface area contributed by atoms with Crippen LogP contribution in [0.25, 0.3) is 0 Å². The average Bonchev–Trinajstić information content (AvgIpc) is 2.98. The standard InChI is InChI=1S/C10H19N3O2.ClH/c1-2-3-8(11)10(15)12-6-9(14)13-7-4-5-7;/h7-8H,2-6,11H2,1H3,(H,12,15)(H,13,14);1H. The van der Waals surface area contributed by atoms with Gasteiger partial charge in [-0.05, 0) is 19.3 Å². The summed E-state index contributed by atoms with van der Waals surface area (Å²) in [7, 11) is 0. The SMILES string of the molecule is CCCC(N)C(=O)NCC(=O)NC1CC1.Cl. The minimum Gasteiger partial charge on any atom is -0.352 e. The molecule has 1 aliphatic rings. The van der Waals surface area contributed by atoms with E-state index in [1.165, 1.54) is 0 Å². The van der Waals surface area contributed by atoms with Gasteiger partial charge in [-0.2, -0.15) is 0 Å². The van der Waals surface area contributed by atoms with Crippen molar-refractivity contribution in [1.82, 2.24) is 10.6 Å². The third kappa shape index (κ3) is 5.92.